The zero-order valence-electron chi connectivity index (χ0n) is 6.85. The summed E-state index contributed by atoms with van der Waals surface area (Å²) < 4.78 is 0. The maximum atomic E-state index is 3.29. The molecule has 0 amide bonds. The Balaban J connectivity index is 2.31. The summed E-state index contributed by atoms with van der Waals surface area (Å²) in [4.78, 5) is 2.22. The molecule has 0 aromatic rings. The molecule has 0 spiro atoms. The summed E-state index contributed by atoms with van der Waals surface area (Å²) in [7, 11) is 4.23. The molecule has 0 aromatic heterocycles. The lowest BCUT2D eigenvalue weighted by molar-refractivity contribution is 0.434. The lowest BCUT2D eigenvalue weighted by Crippen LogP contribution is -2.25. The highest BCUT2D eigenvalue weighted by molar-refractivity contribution is 5.08. The summed E-state index contributed by atoms with van der Waals surface area (Å²) in [6.07, 6.45) is 3.52. The largest absolute Gasteiger partial charge is 0.313 e. The average molecular weight is 140 g/mol. The van der Waals surface area contributed by atoms with E-state index in [2.05, 4.69) is 30.4 Å². The van der Waals surface area contributed by atoms with E-state index in [0.29, 0.717) is 0 Å². The van der Waals surface area contributed by atoms with Gasteiger partial charge in [-0.25, -0.2) is 0 Å². The highest BCUT2D eigenvalue weighted by Gasteiger charge is 2.02. The van der Waals surface area contributed by atoms with Crippen molar-refractivity contribution in [2.45, 2.75) is 6.42 Å². The molecule has 1 heterocycles. The van der Waals surface area contributed by atoms with Crippen molar-refractivity contribution in [2.75, 3.05) is 33.7 Å². The standard InChI is InChI=1S/C8H16N2/c1-10(2)7-8-3-5-9-6-4-8/h3,9H,4-7H2,1-2H3. The molecule has 0 unspecified atom stereocenters. The summed E-state index contributed by atoms with van der Waals surface area (Å²) in [5, 5.41) is 3.29. The number of hydrogen-bond acceptors (Lipinski definition) is 2. The van der Waals surface area contributed by atoms with E-state index < -0.39 is 0 Å². The molecule has 2 nitrogen and oxygen atoms in total. The van der Waals surface area contributed by atoms with Gasteiger partial charge in [-0.15, -0.1) is 0 Å². The summed E-state index contributed by atoms with van der Waals surface area (Å²) >= 11 is 0. The van der Waals surface area contributed by atoms with Crippen LogP contribution in [-0.4, -0.2) is 38.6 Å². The molecule has 1 aliphatic heterocycles. The maximum Gasteiger partial charge on any atom is 0.0187 e. The minimum Gasteiger partial charge on any atom is -0.313 e. The number of hydrogen-bond donors (Lipinski definition) is 1. The fraction of sp³-hybridized carbons (Fsp3) is 0.750. The van der Waals surface area contributed by atoms with Crippen LogP contribution in [0.2, 0.25) is 0 Å². The Morgan fingerprint density at radius 2 is 2.40 bits per heavy atom. The number of rotatable bonds is 2. The third-order valence-electron chi connectivity index (χ3n) is 1.68. The minimum absolute atomic E-state index is 1.06. The zero-order valence-corrected chi connectivity index (χ0v) is 6.85. The third kappa shape index (κ3) is 2.50. The molecule has 58 valence electrons. The van der Waals surface area contributed by atoms with Crippen LogP contribution in [0.3, 0.4) is 0 Å². The Kier molecular flexibility index (Phi) is 2.90. The van der Waals surface area contributed by atoms with Gasteiger partial charge in [-0.1, -0.05) is 11.6 Å². The first-order valence-corrected chi connectivity index (χ1v) is 3.82. The predicted octanol–water partition coefficient (Wildman–Crippen LogP) is 0.468. The molecule has 0 bridgehead atoms. The molecule has 2 heteroatoms. The lowest BCUT2D eigenvalue weighted by Gasteiger charge is -2.17. The van der Waals surface area contributed by atoms with Gasteiger partial charge in [-0.2, -0.15) is 0 Å². The molecular weight excluding hydrogens is 124 g/mol. The second-order valence-corrected chi connectivity index (χ2v) is 3.05. The van der Waals surface area contributed by atoms with Gasteiger partial charge < -0.3 is 10.2 Å². The SMILES string of the molecule is CN(C)CC1=CCNCC1. The van der Waals surface area contributed by atoms with Gasteiger partial charge >= 0.3 is 0 Å². The van der Waals surface area contributed by atoms with E-state index in [-0.39, 0.29) is 0 Å². The van der Waals surface area contributed by atoms with Crippen LogP contribution >= 0.6 is 0 Å². The van der Waals surface area contributed by atoms with Gasteiger partial charge in [0.2, 0.25) is 0 Å². The first-order valence-electron chi connectivity index (χ1n) is 3.82. The van der Waals surface area contributed by atoms with Gasteiger partial charge in [0.15, 0.2) is 0 Å². The van der Waals surface area contributed by atoms with Crippen LogP contribution in [0.4, 0.5) is 0 Å². The van der Waals surface area contributed by atoms with Crippen molar-refractivity contribution in [3.05, 3.63) is 11.6 Å². The molecule has 0 saturated heterocycles. The Bertz CT molecular complexity index is 127. The molecule has 1 N–H and O–H groups in total. The Morgan fingerprint density at radius 3 is 2.90 bits per heavy atom. The van der Waals surface area contributed by atoms with E-state index in [1.54, 1.807) is 5.57 Å². The van der Waals surface area contributed by atoms with Crippen LogP contribution in [0.25, 0.3) is 0 Å². The minimum atomic E-state index is 1.06. The predicted molar refractivity (Wildman–Crippen MR) is 44.1 cm³/mol. The summed E-state index contributed by atoms with van der Waals surface area (Å²) in [6, 6.07) is 0. The number of nitrogens with zero attached hydrogens (tertiary/aromatic N) is 1. The van der Waals surface area contributed by atoms with Crippen LogP contribution in [-0.2, 0) is 0 Å². The molecule has 0 fully saturated rings. The zero-order chi connectivity index (χ0) is 7.40. The van der Waals surface area contributed by atoms with Crippen molar-refractivity contribution in [3.8, 4) is 0 Å². The summed E-state index contributed by atoms with van der Waals surface area (Å²) in [6.45, 7) is 3.34. The van der Waals surface area contributed by atoms with Gasteiger partial charge in [0, 0.05) is 13.1 Å². The van der Waals surface area contributed by atoms with Gasteiger partial charge in [0.05, 0.1) is 0 Å². The van der Waals surface area contributed by atoms with Crippen LogP contribution in [0.5, 0.6) is 0 Å². The van der Waals surface area contributed by atoms with Gasteiger partial charge in [-0.3, -0.25) is 0 Å². The van der Waals surface area contributed by atoms with E-state index in [9.17, 15) is 0 Å². The Hall–Kier alpha value is -0.340. The fourth-order valence-electron chi connectivity index (χ4n) is 1.22. The molecular formula is C8H16N2. The topological polar surface area (TPSA) is 15.3 Å². The molecule has 0 aliphatic carbocycles. The summed E-state index contributed by atoms with van der Waals surface area (Å²) in [5.74, 6) is 0. The first-order chi connectivity index (χ1) is 4.79. The van der Waals surface area contributed by atoms with E-state index in [4.69, 9.17) is 0 Å². The summed E-state index contributed by atoms with van der Waals surface area (Å²) in [5.41, 5.74) is 1.57. The average Bonchev–Trinajstić information content (AvgIpc) is 1.88. The molecule has 0 atom stereocenters. The van der Waals surface area contributed by atoms with Gasteiger partial charge in [0.25, 0.3) is 0 Å². The van der Waals surface area contributed by atoms with E-state index in [1.807, 2.05) is 0 Å². The van der Waals surface area contributed by atoms with Crippen LogP contribution in [0.15, 0.2) is 11.6 Å². The normalized spacial score (nSPS) is 19.3. The molecule has 0 radical (unpaired) electrons. The second kappa shape index (κ2) is 3.74. The van der Waals surface area contributed by atoms with Crippen molar-refractivity contribution >= 4 is 0 Å². The smallest absolute Gasteiger partial charge is 0.0187 e. The van der Waals surface area contributed by atoms with Crippen LogP contribution in [0, 0.1) is 0 Å². The van der Waals surface area contributed by atoms with Gasteiger partial charge in [-0.05, 0) is 27.1 Å². The number of likely N-dealkylation sites (N-methyl/N-ethyl adjacent to an activating group) is 1. The van der Waals surface area contributed by atoms with Crippen LogP contribution < -0.4 is 5.32 Å². The quantitative estimate of drug-likeness (QED) is 0.561. The van der Waals surface area contributed by atoms with E-state index >= 15 is 0 Å². The van der Waals surface area contributed by atoms with Crippen LogP contribution in [0.1, 0.15) is 6.42 Å². The molecule has 1 aliphatic rings. The Labute approximate surface area is 62.9 Å². The molecule has 1 rings (SSSR count). The van der Waals surface area contributed by atoms with E-state index in [1.165, 1.54) is 6.42 Å². The molecule has 10 heavy (non-hydrogen) atoms. The monoisotopic (exact) mass is 140 g/mol. The number of nitrogens with one attached hydrogen (secondary N) is 1. The van der Waals surface area contributed by atoms with Crippen molar-refractivity contribution < 1.29 is 0 Å². The maximum absolute atomic E-state index is 3.29. The highest BCUT2D eigenvalue weighted by Crippen LogP contribution is 2.03. The third-order valence-corrected chi connectivity index (χ3v) is 1.68. The lowest BCUT2D eigenvalue weighted by atomic mass is 10.1. The highest BCUT2D eigenvalue weighted by atomic mass is 15.1. The Morgan fingerprint density at radius 1 is 1.60 bits per heavy atom. The van der Waals surface area contributed by atoms with Crippen molar-refractivity contribution in [3.63, 3.8) is 0 Å². The molecule has 0 aromatic carbocycles. The van der Waals surface area contributed by atoms with E-state index in [0.717, 1.165) is 19.6 Å². The van der Waals surface area contributed by atoms with Gasteiger partial charge in [0.1, 0.15) is 0 Å². The fourth-order valence-corrected chi connectivity index (χ4v) is 1.22. The molecule has 0 saturated carbocycles. The van der Waals surface area contributed by atoms with Crippen molar-refractivity contribution in [1.82, 2.24) is 10.2 Å². The van der Waals surface area contributed by atoms with Crippen molar-refractivity contribution in [2.24, 2.45) is 0 Å². The second-order valence-electron chi connectivity index (χ2n) is 3.05. The first kappa shape index (κ1) is 7.76. The van der Waals surface area contributed by atoms with Crippen molar-refractivity contribution in [1.29, 1.82) is 0 Å².